The van der Waals surface area contributed by atoms with Gasteiger partial charge in [-0.05, 0) is 24.6 Å². The molecule has 3 rings (SSSR count). The minimum atomic E-state index is 0.104. The van der Waals surface area contributed by atoms with Crippen molar-refractivity contribution >= 4 is 27.5 Å². The standard InChI is InChI=1S/C21H26BrN3O/c1-17-7-8-19(15-20(17)22)23-21(26)9-10-24-11-13-25(14-12-24)16-18-5-3-2-4-6-18/h2-8,15H,9-14,16H2,1H3,(H,23,26)/p+2. The maximum atomic E-state index is 12.2. The van der Waals surface area contributed by atoms with Crippen molar-refractivity contribution in [1.82, 2.24) is 0 Å². The Morgan fingerprint density at radius 1 is 1.04 bits per heavy atom. The summed E-state index contributed by atoms with van der Waals surface area (Å²) in [5.41, 5.74) is 3.44. The lowest BCUT2D eigenvalue weighted by atomic mass is 10.2. The van der Waals surface area contributed by atoms with Gasteiger partial charge in [-0.1, -0.05) is 52.3 Å². The first-order chi connectivity index (χ1) is 12.6. The Balaban J connectivity index is 1.38. The van der Waals surface area contributed by atoms with E-state index in [0.717, 1.165) is 36.3 Å². The zero-order valence-corrected chi connectivity index (χ0v) is 16.9. The third-order valence-electron chi connectivity index (χ3n) is 5.12. The maximum absolute atomic E-state index is 12.2. The van der Waals surface area contributed by atoms with Crippen molar-refractivity contribution < 1.29 is 14.6 Å². The lowest BCUT2D eigenvalue weighted by molar-refractivity contribution is -1.02. The van der Waals surface area contributed by atoms with Gasteiger partial charge in [-0.2, -0.15) is 0 Å². The molecule has 0 atom stereocenters. The van der Waals surface area contributed by atoms with Crippen molar-refractivity contribution in [2.45, 2.75) is 19.9 Å². The molecule has 1 saturated heterocycles. The van der Waals surface area contributed by atoms with Crippen LogP contribution in [0.25, 0.3) is 0 Å². The van der Waals surface area contributed by atoms with Gasteiger partial charge in [-0.15, -0.1) is 0 Å². The maximum Gasteiger partial charge on any atom is 0.230 e. The van der Waals surface area contributed by atoms with Crippen LogP contribution >= 0.6 is 15.9 Å². The van der Waals surface area contributed by atoms with E-state index in [2.05, 4.69) is 51.6 Å². The SMILES string of the molecule is Cc1ccc(NC(=O)CC[NH+]2CC[NH+](Cc3ccccc3)CC2)cc1Br. The second-order valence-electron chi connectivity index (χ2n) is 7.17. The Hall–Kier alpha value is -1.69. The average molecular weight is 418 g/mol. The first kappa shape index (κ1) is 19.1. The fourth-order valence-electron chi connectivity index (χ4n) is 3.45. The van der Waals surface area contributed by atoms with Crippen LogP contribution in [-0.4, -0.2) is 38.6 Å². The largest absolute Gasteiger partial charge is 0.326 e. The molecule has 0 unspecified atom stereocenters. The van der Waals surface area contributed by atoms with Gasteiger partial charge in [0, 0.05) is 15.7 Å². The summed E-state index contributed by atoms with van der Waals surface area (Å²) >= 11 is 3.51. The molecule has 1 heterocycles. The van der Waals surface area contributed by atoms with Crippen LogP contribution in [0.5, 0.6) is 0 Å². The number of piperazine rings is 1. The average Bonchev–Trinajstić information content (AvgIpc) is 2.65. The number of rotatable bonds is 6. The molecule has 0 aromatic heterocycles. The molecular weight excluding hydrogens is 390 g/mol. The molecular formula is C21H28BrN3O+2. The van der Waals surface area contributed by atoms with Crippen LogP contribution in [0.4, 0.5) is 5.69 Å². The lowest BCUT2D eigenvalue weighted by Crippen LogP contribution is -3.27. The predicted molar refractivity (Wildman–Crippen MR) is 109 cm³/mol. The van der Waals surface area contributed by atoms with E-state index < -0.39 is 0 Å². The third kappa shape index (κ3) is 5.66. The number of hydrogen-bond donors (Lipinski definition) is 3. The lowest BCUT2D eigenvalue weighted by Gasteiger charge is -2.29. The first-order valence-electron chi connectivity index (χ1n) is 9.37. The molecule has 4 nitrogen and oxygen atoms in total. The molecule has 2 aromatic rings. The Morgan fingerprint density at radius 2 is 1.73 bits per heavy atom. The molecule has 0 bridgehead atoms. The van der Waals surface area contributed by atoms with Crippen molar-refractivity contribution in [2.75, 3.05) is 38.0 Å². The molecule has 138 valence electrons. The van der Waals surface area contributed by atoms with Gasteiger partial charge in [0.2, 0.25) is 5.91 Å². The van der Waals surface area contributed by atoms with Gasteiger partial charge in [0.15, 0.2) is 0 Å². The number of hydrogen-bond acceptors (Lipinski definition) is 1. The van der Waals surface area contributed by atoms with Crippen molar-refractivity contribution in [3.05, 3.63) is 64.1 Å². The molecule has 1 aliphatic heterocycles. The smallest absolute Gasteiger partial charge is 0.230 e. The van der Waals surface area contributed by atoms with Crippen LogP contribution in [0, 0.1) is 6.92 Å². The number of quaternary nitrogens is 2. The fraction of sp³-hybridized carbons (Fsp3) is 0.381. The Labute approximate surface area is 164 Å². The minimum Gasteiger partial charge on any atom is -0.326 e. The summed E-state index contributed by atoms with van der Waals surface area (Å²) < 4.78 is 1.03. The van der Waals surface area contributed by atoms with Crippen LogP contribution in [0.2, 0.25) is 0 Å². The van der Waals surface area contributed by atoms with Gasteiger partial charge >= 0.3 is 0 Å². The van der Waals surface area contributed by atoms with E-state index in [-0.39, 0.29) is 5.91 Å². The number of benzene rings is 2. The van der Waals surface area contributed by atoms with Crippen LogP contribution in [0.15, 0.2) is 53.0 Å². The summed E-state index contributed by atoms with van der Waals surface area (Å²) in [7, 11) is 0. The van der Waals surface area contributed by atoms with Crippen LogP contribution in [-0.2, 0) is 11.3 Å². The number of halogens is 1. The van der Waals surface area contributed by atoms with E-state index >= 15 is 0 Å². The molecule has 1 aliphatic rings. The zero-order chi connectivity index (χ0) is 18.4. The summed E-state index contributed by atoms with van der Waals surface area (Å²) in [6.07, 6.45) is 0.578. The summed E-state index contributed by atoms with van der Waals surface area (Å²) in [6.45, 7) is 8.71. The Bertz CT molecular complexity index is 727. The third-order valence-corrected chi connectivity index (χ3v) is 5.98. The summed E-state index contributed by atoms with van der Waals surface area (Å²) in [5, 5.41) is 3.00. The topological polar surface area (TPSA) is 38.0 Å². The predicted octanol–water partition coefficient (Wildman–Crippen LogP) is 1.07. The van der Waals surface area contributed by atoms with E-state index in [0.29, 0.717) is 6.42 Å². The highest BCUT2D eigenvalue weighted by atomic mass is 79.9. The molecule has 0 saturated carbocycles. The van der Waals surface area contributed by atoms with Gasteiger partial charge in [0.25, 0.3) is 0 Å². The minimum absolute atomic E-state index is 0.104. The molecule has 2 aromatic carbocycles. The second-order valence-corrected chi connectivity index (χ2v) is 8.03. The number of anilines is 1. The number of nitrogens with one attached hydrogen (secondary N) is 3. The summed E-state index contributed by atoms with van der Waals surface area (Å²) in [6, 6.07) is 16.6. The van der Waals surface area contributed by atoms with Crippen molar-refractivity contribution in [3.8, 4) is 0 Å². The van der Waals surface area contributed by atoms with E-state index in [1.807, 2.05) is 25.1 Å². The quantitative estimate of drug-likeness (QED) is 0.645. The highest BCUT2D eigenvalue weighted by Crippen LogP contribution is 2.20. The number of amides is 1. The molecule has 1 fully saturated rings. The zero-order valence-electron chi connectivity index (χ0n) is 15.4. The monoisotopic (exact) mass is 417 g/mol. The molecule has 26 heavy (non-hydrogen) atoms. The first-order valence-corrected chi connectivity index (χ1v) is 10.2. The highest BCUT2D eigenvalue weighted by Gasteiger charge is 2.23. The normalized spacial score (nSPS) is 19.9. The van der Waals surface area contributed by atoms with Gasteiger partial charge in [0.1, 0.15) is 32.7 Å². The molecule has 5 heteroatoms. The van der Waals surface area contributed by atoms with E-state index in [9.17, 15) is 4.79 Å². The van der Waals surface area contributed by atoms with Crippen molar-refractivity contribution in [1.29, 1.82) is 0 Å². The number of aryl methyl sites for hydroxylation is 1. The highest BCUT2D eigenvalue weighted by molar-refractivity contribution is 9.10. The van der Waals surface area contributed by atoms with Crippen molar-refractivity contribution in [2.24, 2.45) is 0 Å². The Morgan fingerprint density at radius 3 is 2.42 bits per heavy atom. The summed E-state index contributed by atoms with van der Waals surface area (Å²) in [4.78, 5) is 15.4. The van der Waals surface area contributed by atoms with Crippen LogP contribution in [0.3, 0.4) is 0 Å². The van der Waals surface area contributed by atoms with Gasteiger partial charge in [-0.3, -0.25) is 4.79 Å². The van der Waals surface area contributed by atoms with Gasteiger partial charge in [-0.25, -0.2) is 0 Å². The molecule has 0 aliphatic carbocycles. The second kappa shape index (κ2) is 9.31. The van der Waals surface area contributed by atoms with Crippen LogP contribution < -0.4 is 15.1 Å². The van der Waals surface area contributed by atoms with E-state index in [4.69, 9.17) is 0 Å². The van der Waals surface area contributed by atoms with E-state index in [1.165, 1.54) is 24.2 Å². The number of carbonyl (C=O) groups excluding carboxylic acids is 1. The van der Waals surface area contributed by atoms with Crippen molar-refractivity contribution in [3.63, 3.8) is 0 Å². The van der Waals surface area contributed by atoms with Gasteiger partial charge in [0.05, 0.1) is 13.0 Å². The van der Waals surface area contributed by atoms with Crippen LogP contribution in [0.1, 0.15) is 17.5 Å². The molecule has 0 radical (unpaired) electrons. The number of carbonyl (C=O) groups is 1. The fourth-order valence-corrected chi connectivity index (χ4v) is 3.83. The molecule has 0 spiro atoms. The summed E-state index contributed by atoms with van der Waals surface area (Å²) in [5.74, 6) is 0.104. The van der Waals surface area contributed by atoms with E-state index in [1.54, 1.807) is 9.80 Å². The Kier molecular flexibility index (Phi) is 6.83. The van der Waals surface area contributed by atoms with Gasteiger partial charge < -0.3 is 15.1 Å². The molecule has 3 N–H and O–H groups in total. The molecule has 1 amide bonds.